The summed E-state index contributed by atoms with van der Waals surface area (Å²) in [5, 5.41) is 63.2. The number of nitrogens with two attached hydrogens (primary N) is 2. The molecule has 7 N–H and O–H groups in total. The van der Waals surface area contributed by atoms with Gasteiger partial charge in [-0.2, -0.15) is 24.8 Å². The fourth-order valence-electron chi connectivity index (χ4n) is 10.3. The first kappa shape index (κ1) is 79.0. The molecule has 2 aliphatic heterocycles. The molecule has 100 heavy (non-hydrogen) atoms. The second-order valence-electron chi connectivity index (χ2n) is 23.4. The van der Waals surface area contributed by atoms with Crippen molar-refractivity contribution in [2.24, 2.45) is 39.7 Å². The largest absolute Gasteiger partial charge is 1.00 e. The number of aromatic nitrogens is 16. The SMILES string of the molecule is Cc1csc(-c2cnn(C)c2C(=O)[O-])n1.Cl.Cn1ncc(-c2cscn2)c1C(=O)CO.Cn1ncc(-c2nc(C(C)(C)C)cs2)c1C(=O)CO.Cn1ncc(-c2nccs2)c1C(=O)CO.NC1CCn2c(nc(-c3ccccc3)c2F)C1.NC1CCn2cc(-c3ccc(F)cc3)nc2C1.[Na+]. The normalized spacial score (nSPS) is 13.5. The molecule has 2 aliphatic rings. The van der Waals surface area contributed by atoms with Gasteiger partial charge in [0.2, 0.25) is 23.3 Å². The van der Waals surface area contributed by atoms with Gasteiger partial charge in [0.25, 0.3) is 0 Å². The Hall–Kier alpha value is -8.35. The number of carbonyl (C=O) groups excluding carboxylic acids is 4. The number of carbonyl (C=O) groups is 4. The fourth-order valence-corrected chi connectivity index (χ4v) is 13.3. The van der Waals surface area contributed by atoms with Gasteiger partial charge in [-0.15, -0.1) is 57.8 Å². The average Bonchev–Trinajstić information content (AvgIpc) is 1.67. The van der Waals surface area contributed by atoms with E-state index in [4.69, 9.17) is 26.8 Å². The summed E-state index contributed by atoms with van der Waals surface area (Å²) in [6, 6.07) is 16.2. The van der Waals surface area contributed by atoms with E-state index in [1.54, 1.807) is 75.2 Å². The molecule has 10 aromatic heterocycles. The summed E-state index contributed by atoms with van der Waals surface area (Å²) >= 11 is 5.76. The van der Waals surface area contributed by atoms with Gasteiger partial charge in [-0.25, -0.2) is 34.3 Å². The van der Waals surface area contributed by atoms with E-state index in [2.05, 4.69) is 75.6 Å². The van der Waals surface area contributed by atoms with Crippen molar-refractivity contribution in [3.63, 3.8) is 0 Å². The number of ketones is 3. The van der Waals surface area contributed by atoms with Crippen molar-refractivity contribution in [2.45, 2.75) is 84.0 Å². The first-order chi connectivity index (χ1) is 46.9. The van der Waals surface area contributed by atoms with Gasteiger partial charge in [0, 0.05) is 122 Å². The number of thiazole rings is 4. The quantitative estimate of drug-likeness (QED) is 0.0747. The monoisotopic (exact) mass is 1470 g/mol. The van der Waals surface area contributed by atoms with Crippen molar-refractivity contribution >= 4 is 81.1 Å². The standard InChI is InChI=1S/2C13H14FN3.C13H17N3O2S.3C9H9N3O2S.ClH.Na/c14-10-3-1-9(2-4-10)12-8-17-6-5-11(15)7-13(17)16-12;14-13-12(9-4-2-1-3-5-9)16-11-8-10(15)6-7-17(11)13;1-13(2,3)10-7-19-12(15-10)8-5-14-16(4)11(8)9(18)6-17;1-12-9(8(14)3-13)6(2-11-12)7-4-15-5-10-7;1-5-4-15-8(11-5)6-3-10-12(2)7(6)9(13)14;1-12-8(7(14)5-13)6(4-11-12)9-10-2-3-15-9;;/h1-4,8,11H,5-7,15H2;1-5,10H,6-8,15H2;5,7,17H,6H2,1-4H3;2,4-5,13H,3H2,1H3;3-4H,1-2H3,(H,13,14);2-4,13H,5H2,1H3;1H;/q;;;;;;;+1/p-1. The molecule has 26 nitrogen and oxygen atoms in total. The van der Waals surface area contributed by atoms with Gasteiger partial charge >= 0.3 is 29.6 Å². The number of halogens is 3. The molecule has 0 saturated carbocycles. The summed E-state index contributed by atoms with van der Waals surface area (Å²) < 4.78 is 36.5. The number of rotatable bonds is 13. The van der Waals surface area contributed by atoms with Crippen LogP contribution in [0, 0.1) is 18.7 Å². The van der Waals surface area contributed by atoms with Crippen LogP contribution in [0.4, 0.5) is 8.78 Å². The molecule has 0 fully saturated rings. The van der Waals surface area contributed by atoms with E-state index in [0.29, 0.717) is 68.7 Å². The summed E-state index contributed by atoms with van der Waals surface area (Å²) in [5.41, 5.74) is 22.9. The Morgan fingerprint density at radius 2 is 1.13 bits per heavy atom. The average molecular weight is 1470 g/mol. The number of hydrogen-bond donors (Lipinski definition) is 5. The Labute approximate surface area is 617 Å². The van der Waals surface area contributed by atoms with E-state index < -0.39 is 25.8 Å². The Morgan fingerprint density at radius 1 is 0.610 bits per heavy atom. The van der Waals surface area contributed by atoms with Gasteiger partial charge in [-0.1, -0.05) is 51.1 Å². The summed E-state index contributed by atoms with van der Waals surface area (Å²) in [4.78, 5) is 71.5. The third-order valence-electron chi connectivity index (χ3n) is 15.3. The van der Waals surface area contributed by atoms with Gasteiger partial charge in [0.1, 0.15) is 75.1 Å². The summed E-state index contributed by atoms with van der Waals surface area (Å²) in [6.07, 6.45) is 13.2. The first-order valence-corrected chi connectivity index (χ1v) is 34.0. The van der Waals surface area contributed by atoms with Crippen LogP contribution in [0.25, 0.3) is 65.5 Å². The molecule has 520 valence electrons. The maximum Gasteiger partial charge on any atom is 1.00 e. The first-order valence-electron chi connectivity index (χ1n) is 30.4. The number of carboxylic acid groups (broad SMARTS) is 1. The number of fused-ring (bicyclic) bond motifs is 2. The summed E-state index contributed by atoms with van der Waals surface area (Å²) in [7, 11) is 6.58. The maximum atomic E-state index is 14.2. The third-order valence-corrected chi connectivity index (χ3v) is 18.5. The summed E-state index contributed by atoms with van der Waals surface area (Å²) in [5.74, 6) is -0.945. The molecule has 0 amide bonds. The zero-order valence-corrected chi connectivity index (χ0v) is 62.1. The molecule has 0 bridgehead atoms. The van der Waals surface area contributed by atoms with Crippen molar-refractivity contribution in [3.05, 3.63) is 176 Å². The van der Waals surface area contributed by atoms with Crippen molar-refractivity contribution < 1.29 is 77.9 Å². The van der Waals surface area contributed by atoms with Gasteiger partial charge in [-0.05, 0) is 44.0 Å². The molecule has 14 rings (SSSR count). The van der Waals surface area contributed by atoms with Crippen LogP contribution in [0.1, 0.15) is 98.6 Å². The Kier molecular flexibility index (Phi) is 28.3. The predicted molar refractivity (Wildman–Crippen MR) is 374 cm³/mol. The molecule has 34 heteroatoms. The minimum Gasteiger partial charge on any atom is -0.543 e. The molecule has 0 spiro atoms. The molecule has 12 aromatic rings. The zero-order chi connectivity index (χ0) is 70.5. The Morgan fingerprint density at radius 3 is 1.64 bits per heavy atom. The number of aliphatic hydroxyl groups is 3. The molecule has 0 aliphatic carbocycles. The number of carboxylic acids is 1. The van der Waals surface area contributed by atoms with Crippen molar-refractivity contribution in [2.75, 3.05) is 19.8 Å². The van der Waals surface area contributed by atoms with Gasteiger partial charge in [0.05, 0.1) is 81.3 Å². The Balaban J connectivity index is 0.000000168. The van der Waals surface area contributed by atoms with E-state index in [9.17, 15) is 33.1 Å². The van der Waals surface area contributed by atoms with Crippen LogP contribution in [0.15, 0.2) is 119 Å². The molecule has 12 heterocycles. The number of Topliss-reactive ketones (excluding diaryl/α,β-unsaturated/α-hetero) is 3. The van der Waals surface area contributed by atoms with Crippen LogP contribution in [0.5, 0.6) is 0 Å². The summed E-state index contributed by atoms with van der Waals surface area (Å²) in [6.45, 7) is 8.12. The number of aromatic carboxylic acids is 1. The fraction of sp³-hybridized carbons (Fsp3) is 0.303. The molecule has 0 radical (unpaired) electrons. The van der Waals surface area contributed by atoms with Gasteiger partial charge in [-0.3, -0.25) is 33.1 Å². The van der Waals surface area contributed by atoms with Gasteiger partial charge in [0.15, 0.2) is 0 Å². The van der Waals surface area contributed by atoms with Crippen LogP contribution in [0.2, 0.25) is 0 Å². The van der Waals surface area contributed by atoms with Crippen molar-refractivity contribution in [1.82, 2.24) is 78.2 Å². The number of benzene rings is 2. The van der Waals surface area contributed by atoms with Crippen molar-refractivity contribution in [3.8, 4) is 65.5 Å². The molecule has 0 saturated heterocycles. The van der Waals surface area contributed by atoms with Crippen LogP contribution < -0.4 is 46.1 Å². The topological polar surface area (TPSA) is 363 Å². The number of imidazole rings is 2. The van der Waals surface area contributed by atoms with Crippen LogP contribution in [-0.2, 0) is 59.5 Å². The van der Waals surface area contributed by atoms with Gasteiger partial charge < -0.3 is 45.8 Å². The molecule has 2 aromatic carbocycles. The minimum absolute atomic E-state index is 0. The predicted octanol–water partition coefficient (Wildman–Crippen LogP) is 5.02. The number of aliphatic hydroxyl groups excluding tert-OH is 3. The van der Waals surface area contributed by atoms with Crippen LogP contribution in [-0.4, -0.2) is 149 Å². The second-order valence-corrected chi connectivity index (χ2v) is 26.7. The minimum atomic E-state index is -1.24. The number of hydrogen-bond acceptors (Lipinski definition) is 24. The second kappa shape index (κ2) is 35.8. The third kappa shape index (κ3) is 19.2. The molecule has 2 atom stereocenters. The van der Waals surface area contributed by atoms with Crippen LogP contribution in [0.3, 0.4) is 0 Å². The van der Waals surface area contributed by atoms with E-state index in [0.717, 1.165) is 75.7 Å². The molecular weight excluding hydrogens is 1400 g/mol. The zero-order valence-electron chi connectivity index (χ0n) is 56.1. The maximum absolute atomic E-state index is 14.2. The number of aryl methyl sites for hydroxylation is 6. The van der Waals surface area contributed by atoms with E-state index in [-0.39, 0.29) is 94.3 Å². The number of nitrogens with zero attached hydrogens (tertiary/aromatic N) is 16. The molecule has 2 unspecified atom stereocenters. The van der Waals surface area contributed by atoms with Crippen LogP contribution >= 0.6 is 57.8 Å². The van der Waals surface area contributed by atoms with Crippen molar-refractivity contribution in [1.29, 1.82) is 0 Å². The van der Waals surface area contributed by atoms with E-state index >= 15 is 0 Å². The smallest absolute Gasteiger partial charge is 0.543 e. The van der Waals surface area contributed by atoms with E-state index in [1.165, 1.54) is 82.4 Å². The Bertz CT molecular complexity index is 4580. The van der Waals surface area contributed by atoms with E-state index in [1.807, 2.05) is 65.0 Å². The molecular formula is C66H72ClF2N18NaO8S4.